The molecule has 0 N–H and O–H groups in total. The van der Waals surface area contributed by atoms with E-state index in [0.717, 1.165) is 0 Å². The molecule has 0 amide bonds. The minimum Gasteiger partial charge on any atom is -0.462 e. The summed E-state index contributed by atoms with van der Waals surface area (Å²) in [5, 5.41) is 0.512. The molecular formula is C20H17F2NO2. The lowest BCUT2D eigenvalue weighted by molar-refractivity contribution is 0.0526. The van der Waals surface area contributed by atoms with E-state index in [1.165, 1.54) is 18.2 Å². The Kier molecular flexibility index (Phi) is 4.49. The van der Waals surface area contributed by atoms with E-state index in [1.807, 2.05) is 0 Å². The van der Waals surface area contributed by atoms with Gasteiger partial charge in [0.15, 0.2) is 0 Å². The second kappa shape index (κ2) is 6.59. The van der Waals surface area contributed by atoms with Crippen molar-refractivity contribution >= 4 is 16.9 Å². The number of rotatable bonds is 3. The Morgan fingerprint density at radius 1 is 1.08 bits per heavy atom. The summed E-state index contributed by atoms with van der Waals surface area (Å²) in [7, 11) is 0. The number of nitrogens with zero attached hydrogens (tertiary/aromatic N) is 1. The minimum absolute atomic E-state index is 0.114. The van der Waals surface area contributed by atoms with Crippen LogP contribution in [0.1, 0.15) is 28.5 Å². The Bertz CT molecular complexity index is 963. The van der Waals surface area contributed by atoms with E-state index in [4.69, 9.17) is 4.74 Å². The van der Waals surface area contributed by atoms with Crippen LogP contribution in [0.3, 0.4) is 0 Å². The van der Waals surface area contributed by atoms with Gasteiger partial charge in [0.25, 0.3) is 0 Å². The molecule has 1 heterocycles. The number of ether oxygens (including phenoxy) is 1. The number of hydrogen-bond donors (Lipinski definition) is 0. The fraction of sp³-hybridized carbons (Fsp3) is 0.200. The van der Waals surface area contributed by atoms with Gasteiger partial charge in [-0.3, -0.25) is 4.98 Å². The van der Waals surface area contributed by atoms with Crippen LogP contribution in [0.5, 0.6) is 0 Å². The number of halogens is 2. The normalized spacial score (nSPS) is 10.9. The van der Waals surface area contributed by atoms with Crippen molar-refractivity contribution < 1.29 is 18.3 Å². The third kappa shape index (κ3) is 2.97. The first kappa shape index (κ1) is 17.0. The average Bonchev–Trinajstić information content (AvgIpc) is 2.57. The number of esters is 1. The lowest BCUT2D eigenvalue weighted by Gasteiger charge is -2.15. The van der Waals surface area contributed by atoms with Gasteiger partial charge in [0.1, 0.15) is 11.6 Å². The molecule has 128 valence electrons. The number of aryl methyl sites for hydroxylation is 1. The zero-order valence-electron chi connectivity index (χ0n) is 14.2. The standard InChI is InChI=1S/C20H17F2NO2/c1-4-25-20(24)13-8-9-17-14(10-13)18(11(2)12(3)23-17)19-15(21)6-5-7-16(19)22/h5-10H,4H2,1-3H3. The van der Waals surface area contributed by atoms with Crippen LogP contribution in [0.4, 0.5) is 8.78 Å². The van der Waals surface area contributed by atoms with Gasteiger partial charge < -0.3 is 4.74 Å². The highest BCUT2D eigenvalue weighted by atomic mass is 19.1. The summed E-state index contributed by atoms with van der Waals surface area (Å²) in [5.74, 6) is -1.80. The van der Waals surface area contributed by atoms with E-state index in [2.05, 4.69) is 4.98 Å². The Hall–Kier alpha value is -2.82. The molecule has 3 aromatic rings. The SMILES string of the molecule is CCOC(=O)c1ccc2nc(C)c(C)c(-c3c(F)cccc3F)c2c1. The lowest BCUT2D eigenvalue weighted by atomic mass is 9.93. The molecule has 1 aromatic heterocycles. The zero-order valence-corrected chi connectivity index (χ0v) is 14.2. The van der Waals surface area contributed by atoms with Gasteiger partial charge >= 0.3 is 5.97 Å². The van der Waals surface area contributed by atoms with E-state index < -0.39 is 17.6 Å². The molecule has 0 saturated heterocycles. The first-order valence-electron chi connectivity index (χ1n) is 7.96. The largest absolute Gasteiger partial charge is 0.462 e. The summed E-state index contributed by atoms with van der Waals surface area (Å²) in [6.07, 6.45) is 0. The van der Waals surface area contributed by atoms with Gasteiger partial charge in [-0.25, -0.2) is 13.6 Å². The van der Waals surface area contributed by atoms with Crippen LogP contribution in [-0.2, 0) is 4.74 Å². The van der Waals surface area contributed by atoms with E-state index in [9.17, 15) is 13.6 Å². The van der Waals surface area contributed by atoms with Crippen molar-refractivity contribution in [3.63, 3.8) is 0 Å². The van der Waals surface area contributed by atoms with E-state index in [1.54, 1.807) is 39.0 Å². The van der Waals surface area contributed by atoms with Crippen molar-refractivity contribution in [1.29, 1.82) is 0 Å². The Balaban J connectivity index is 2.38. The Morgan fingerprint density at radius 2 is 1.76 bits per heavy atom. The number of fused-ring (bicyclic) bond motifs is 1. The maximum Gasteiger partial charge on any atom is 0.338 e. The van der Waals surface area contributed by atoms with Crippen molar-refractivity contribution in [2.75, 3.05) is 6.61 Å². The van der Waals surface area contributed by atoms with Crippen molar-refractivity contribution in [3.8, 4) is 11.1 Å². The number of carbonyl (C=O) groups is 1. The molecular weight excluding hydrogens is 324 g/mol. The predicted molar refractivity (Wildman–Crippen MR) is 92.5 cm³/mol. The molecule has 0 aliphatic rings. The third-order valence-corrected chi connectivity index (χ3v) is 4.20. The average molecular weight is 341 g/mol. The fourth-order valence-corrected chi connectivity index (χ4v) is 2.88. The molecule has 3 nitrogen and oxygen atoms in total. The van der Waals surface area contributed by atoms with E-state index in [0.29, 0.717) is 33.3 Å². The van der Waals surface area contributed by atoms with Gasteiger partial charge in [-0.2, -0.15) is 0 Å². The highest BCUT2D eigenvalue weighted by Gasteiger charge is 2.19. The molecule has 25 heavy (non-hydrogen) atoms. The summed E-state index contributed by atoms with van der Waals surface area (Å²) in [5.41, 5.74) is 2.51. The molecule has 0 saturated carbocycles. The first-order valence-corrected chi connectivity index (χ1v) is 7.96. The second-order valence-corrected chi connectivity index (χ2v) is 5.75. The third-order valence-electron chi connectivity index (χ3n) is 4.20. The molecule has 0 atom stereocenters. The first-order chi connectivity index (χ1) is 11.9. The van der Waals surface area contributed by atoms with Crippen LogP contribution in [0, 0.1) is 25.5 Å². The van der Waals surface area contributed by atoms with Crippen molar-refractivity contribution in [3.05, 3.63) is 64.9 Å². The number of benzene rings is 2. The Morgan fingerprint density at radius 3 is 2.40 bits per heavy atom. The molecule has 0 spiro atoms. The zero-order chi connectivity index (χ0) is 18.1. The minimum atomic E-state index is -0.656. The molecule has 0 unspecified atom stereocenters. The van der Waals surface area contributed by atoms with Gasteiger partial charge in [-0.15, -0.1) is 0 Å². The van der Waals surface area contributed by atoms with E-state index in [-0.39, 0.29) is 12.2 Å². The van der Waals surface area contributed by atoms with Gasteiger partial charge in [0.05, 0.1) is 23.3 Å². The molecule has 2 aromatic carbocycles. The number of pyridine rings is 1. The van der Waals surface area contributed by atoms with Crippen LogP contribution in [0.25, 0.3) is 22.0 Å². The lowest BCUT2D eigenvalue weighted by Crippen LogP contribution is -2.05. The smallest absolute Gasteiger partial charge is 0.338 e. The quantitative estimate of drug-likeness (QED) is 0.631. The van der Waals surface area contributed by atoms with Crippen LogP contribution >= 0.6 is 0 Å². The maximum absolute atomic E-state index is 14.4. The number of aromatic nitrogens is 1. The van der Waals surface area contributed by atoms with Crippen LogP contribution < -0.4 is 0 Å². The molecule has 3 rings (SSSR count). The second-order valence-electron chi connectivity index (χ2n) is 5.75. The van der Waals surface area contributed by atoms with Gasteiger partial charge in [0, 0.05) is 16.6 Å². The van der Waals surface area contributed by atoms with Crippen molar-refractivity contribution in [2.24, 2.45) is 0 Å². The summed E-state index contributed by atoms with van der Waals surface area (Å²) < 4.78 is 33.8. The summed E-state index contributed by atoms with van der Waals surface area (Å²) in [4.78, 5) is 16.5. The number of carbonyl (C=O) groups excluding carboxylic acids is 1. The molecule has 0 aliphatic heterocycles. The molecule has 0 bridgehead atoms. The molecule has 0 aliphatic carbocycles. The maximum atomic E-state index is 14.4. The highest BCUT2D eigenvalue weighted by molar-refractivity contribution is 6.01. The van der Waals surface area contributed by atoms with Crippen LogP contribution in [0.15, 0.2) is 36.4 Å². The summed E-state index contributed by atoms with van der Waals surface area (Å²) >= 11 is 0. The predicted octanol–water partition coefficient (Wildman–Crippen LogP) is 4.97. The van der Waals surface area contributed by atoms with Gasteiger partial charge in [-0.1, -0.05) is 6.07 Å². The fourth-order valence-electron chi connectivity index (χ4n) is 2.88. The van der Waals surface area contributed by atoms with E-state index >= 15 is 0 Å². The topological polar surface area (TPSA) is 39.2 Å². The van der Waals surface area contributed by atoms with Crippen LogP contribution in [-0.4, -0.2) is 17.6 Å². The van der Waals surface area contributed by atoms with Crippen molar-refractivity contribution in [1.82, 2.24) is 4.98 Å². The van der Waals surface area contributed by atoms with Gasteiger partial charge in [0.2, 0.25) is 0 Å². The monoisotopic (exact) mass is 341 g/mol. The Labute approximate surface area is 144 Å². The van der Waals surface area contributed by atoms with Crippen molar-refractivity contribution in [2.45, 2.75) is 20.8 Å². The molecule has 0 fully saturated rings. The van der Waals surface area contributed by atoms with Crippen LogP contribution in [0.2, 0.25) is 0 Å². The molecule has 5 heteroatoms. The summed E-state index contributed by atoms with van der Waals surface area (Å²) in [6, 6.07) is 8.60. The van der Waals surface area contributed by atoms with Gasteiger partial charge in [-0.05, 0) is 56.7 Å². The molecule has 0 radical (unpaired) electrons. The number of hydrogen-bond acceptors (Lipinski definition) is 3. The summed E-state index contributed by atoms with van der Waals surface area (Å²) in [6.45, 7) is 5.52. The highest BCUT2D eigenvalue weighted by Crippen LogP contribution is 2.36.